The fraction of sp³-hybridized carbons (Fsp3) is 0.125. The molecule has 1 N–H and O–H groups in total. The van der Waals surface area contributed by atoms with Gasteiger partial charge in [-0.25, -0.2) is 8.42 Å². The van der Waals surface area contributed by atoms with Gasteiger partial charge in [0.05, 0.1) is 11.4 Å². The molecule has 1 aromatic rings. The zero-order chi connectivity index (χ0) is 11.6. The van der Waals surface area contributed by atoms with Gasteiger partial charge in [0, 0.05) is 22.3 Å². The molecule has 0 fully saturated rings. The van der Waals surface area contributed by atoms with Crippen LogP contribution in [0, 0.1) is 11.3 Å². The van der Waals surface area contributed by atoms with E-state index in [4.69, 9.17) is 27.5 Å². The summed E-state index contributed by atoms with van der Waals surface area (Å²) in [6.07, 6.45) is 0. The topological polar surface area (TPSA) is 78.2 Å². The van der Waals surface area contributed by atoms with Crippen molar-refractivity contribution >= 4 is 31.3 Å². The average molecular weight is 266 g/mol. The Hall–Kier alpha value is -0.960. The van der Waals surface area contributed by atoms with Crippen LogP contribution < -0.4 is 0 Å². The lowest BCUT2D eigenvalue weighted by Crippen LogP contribution is -1.96. The summed E-state index contributed by atoms with van der Waals surface area (Å²) >= 11 is 5.48. The van der Waals surface area contributed by atoms with Crippen molar-refractivity contribution in [3.63, 3.8) is 0 Å². The van der Waals surface area contributed by atoms with Gasteiger partial charge in [-0.3, -0.25) is 0 Å². The molecule has 15 heavy (non-hydrogen) atoms. The lowest BCUT2D eigenvalue weighted by atomic mass is 10.1. The molecule has 0 radical (unpaired) electrons. The number of aromatic hydroxyl groups is 1. The van der Waals surface area contributed by atoms with Crippen LogP contribution in [-0.4, -0.2) is 13.5 Å². The largest absolute Gasteiger partial charge is 0.508 e. The third kappa shape index (κ3) is 2.53. The maximum absolute atomic E-state index is 11.0. The number of halogens is 2. The SMILES string of the molecule is N#Cc1cc(CCl)c(O)cc1S(=O)(=O)Cl. The summed E-state index contributed by atoms with van der Waals surface area (Å²) in [5, 5.41) is 18.1. The van der Waals surface area contributed by atoms with Crippen LogP contribution in [0.1, 0.15) is 11.1 Å². The van der Waals surface area contributed by atoms with E-state index in [2.05, 4.69) is 0 Å². The first kappa shape index (κ1) is 12.1. The molecule has 1 aromatic carbocycles. The van der Waals surface area contributed by atoms with E-state index in [0.29, 0.717) is 0 Å². The summed E-state index contributed by atoms with van der Waals surface area (Å²) < 4.78 is 22.1. The lowest BCUT2D eigenvalue weighted by Gasteiger charge is -2.04. The second kappa shape index (κ2) is 4.27. The van der Waals surface area contributed by atoms with E-state index >= 15 is 0 Å². The Bertz CT molecular complexity index is 534. The van der Waals surface area contributed by atoms with Crippen LogP contribution in [0.2, 0.25) is 0 Å². The fourth-order valence-electron chi connectivity index (χ4n) is 1.01. The molecule has 0 aromatic heterocycles. The predicted octanol–water partition coefficient (Wildman–Crippen LogP) is 1.93. The summed E-state index contributed by atoms with van der Waals surface area (Å²) in [6, 6.07) is 3.78. The monoisotopic (exact) mass is 265 g/mol. The van der Waals surface area contributed by atoms with Crippen molar-refractivity contribution in [1.29, 1.82) is 5.26 Å². The van der Waals surface area contributed by atoms with Crippen molar-refractivity contribution in [2.24, 2.45) is 0 Å². The highest BCUT2D eigenvalue weighted by molar-refractivity contribution is 8.13. The molecule has 0 heterocycles. The first-order chi connectivity index (χ1) is 6.90. The van der Waals surface area contributed by atoms with Gasteiger partial charge in [-0.2, -0.15) is 5.26 Å². The molecular formula is C8H5Cl2NO3S. The number of rotatable bonds is 2. The highest BCUT2D eigenvalue weighted by Gasteiger charge is 2.18. The normalized spacial score (nSPS) is 11.0. The average Bonchev–Trinajstić information content (AvgIpc) is 2.16. The Morgan fingerprint density at radius 2 is 2.07 bits per heavy atom. The Labute approximate surface area is 96.1 Å². The van der Waals surface area contributed by atoms with E-state index in [1.165, 1.54) is 6.07 Å². The third-order valence-corrected chi connectivity index (χ3v) is 3.36. The smallest absolute Gasteiger partial charge is 0.262 e. The summed E-state index contributed by atoms with van der Waals surface area (Å²) in [6.45, 7) is 0. The minimum Gasteiger partial charge on any atom is -0.508 e. The van der Waals surface area contributed by atoms with Gasteiger partial charge >= 0.3 is 0 Å². The lowest BCUT2D eigenvalue weighted by molar-refractivity contribution is 0.468. The molecular weight excluding hydrogens is 261 g/mol. The van der Waals surface area contributed by atoms with Crippen LogP contribution >= 0.6 is 22.3 Å². The molecule has 80 valence electrons. The molecule has 0 saturated heterocycles. The molecule has 4 nitrogen and oxygen atoms in total. The van der Waals surface area contributed by atoms with Crippen molar-refractivity contribution in [1.82, 2.24) is 0 Å². The number of alkyl halides is 1. The predicted molar refractivity (Wildman–Crippen MR) is 55.4 cm³/mol. The molecule has 0 amide bonds. The van der Waals surface area contributed by atoms with Gasteiger partial charge in [0.15, 0.2) is 0 Å². The molecule has 0 spiro atoms. The van der Waals surface area contributed by atoms with Gasteiger partial charge in [-0.1, -0.05) is 0 Å². The Morgan fingerprint density at radius 1 is 1.47 bits per heavy atom. The van der Waals surface area contributed by atoms with Gasteiger partial charge < -0.3 is 5.11 Å². The van der Waals surface area contributed by atoms with Gasteiger partial charge in [0.25, 0.3) is 9.05 Å². The van der Waals surface area contributed by atoms with E-state index < -0.39 is 13.9 Å². The Morgan fingerprint density at radius 3 is 2.47 bits per heavy atom. The van der Waals surface area contributed by atoms with E-state index in [1.54, 1.807) is 6.07 Å². The summed E-state index contributed by atoms with van der Waals surface area (Å²) in [4.78, 5) is -0.418. The van der Waals surface area contributed by atoms with Gasteiger partial charge in [0.2, 0.25) is 0 Å². The number of hydrogen-bond acceptors (Lipinski definition) is 4. The summed E-state index contributed by atoms with van der Waals surface area (Å²) in [5.74, 6) is -0.327. The number of nitrogens with zero attached hydrogens (tertiary/aromatic N) is 1. The standard InChI is InChI=1S/C8H5Cl2NO3S/c9-3-5-1-6(4-11)8(2-7(5)12)15(10,13)14/h1-2,12H,3H2. The van der Waals surface area contributed by atoms with Gasteiger partial charge in [-0.15, -0.1) is 11.6 Å². The quantitative estimate of drug-likeness (QED) is 0.655. The molecule has 0 saturated carbocycles. The molecule has 1 rings (SSSR count). The maximum atomic E-state index is 11.0. The third-order valence-electron chi connectivity index (χ3n) is 1.71. The number of nitriles is 1. The van der Waals surface area contributed by atoms with Crippen LogP contribution in [0.3, 0.4) is 0 Å². The van der Waals surface area contributed by atoms with Crippen LogP contribution in [0.15, 0.2) is 17.0 Å². The van der Waals surface area contributed by atoms with Crippen molar-refractivity contribution in [3.8, 4) is 11.8 Å². The molecule has 7 heteroatoms. The number of phenolic OH excluding ortho intramolecular Hbond substituents is 1. The second-order valence-electron chi connectivity index (χ2n) is 2.66. The maximum Gasteiger partial charge on any atom is 0.262 e. The number of phenols is 1. The van der Waals surface area contributed by atoms with Crippen molar-refractivity contribution in [2.45, 2.75) is 10.8 Å². The van der Waals surface area contributed by atoms with Crippen LogP contribution in [0.5, 0.6) is 5.75 Å². The van der Waals surface area contributed by atoms with Crippen LogP contribution in [0.25, 0.3) is 0 Å². The zero-order valence-electron chi connectivity index (χ0n) is 7.24. The number of hydrogen-bond donors (Lipinski definition) is 1. The Kier molecular flexibility index (Phi) is 3.45. The summed E-state index contributed by atoms with van der Waals surface area (Å²) in [5.41, 5.74) is 0.135. The first-order valence-electron chi connectivity index (χ1n) is 3.66. The highest BCUT2D eigenvalue weighted by atomic mass is 35.7. The van der Waals surface area contributed by atoms with E-state index in [9.17, 15) is 13.5 Å². The van der Waals surface area contributed by atoms with Crippen LogP contribution in [0.4, 0.5) is 0 Å². The number of benzene rings is 1. The fourth-order valence-corrected chi connectivity index (χ4v) is 2.23. The first-order valence-corrected chi connectivity index (χ1v) is 6.51. The molecule has 0 bridgehead atoms. The van der Waals surface area contributed by atoms with Crippen molar-refractivity contribution in [3.05, 3.63) is 23.3 Å². The Balaban J connectivity index is 3.57. The molecule has 0 atom stereocenters. The van der Waals surface area contributed by atoms with Crippen molar-refractivity contribution < 1.29 is 13.5 Å². The second-order valence-corrected chi connectivity index (χ2v) is 5.46. The van der Waals surface area contributed by atoms with Crippen molar-refractivity contribution in [2.75, 3.05) is 0 Å². The van der Waals surface area contributed by atoms with Gasteiger partial charge in [-0.05, 0) is 6.07 Å². The highest BCUT2D eigenvalue weighted by Crippen LogP contribution is 2.28. The molecule has 0 aliphatic heterocycles. The zero-order valence-corrected chi connectivity index (χ0v) is 9.57. The van der Waals surface area contributed by atoms with Gasteiger partial charge in [0.1, 0.15) is 16.7 Å². The molecule has 0 aliphatic rings. The summed E-state index contributed by atoms with van der Waals surface area (Å²) in [7, 11) is 1.04. The van der Waals surface area contributed by atoms with E-state index in [0.717, 1.165) is 6.07 Å². The minimum absolute atomic E-state index is 0.0247. The minimum atomic E-state index is -4.05. The van der Waals surface area contributed by atoms with E-state index in [1.807, 2.05) is 0 Å². The molecule has 0 aliphatic carbocycles. The van der Waals surface area contributed by atoms with Crippen LogP contribution in [-0.2, 0) is 14.9 Å². The van der Waals surface area contributed by atoms with E-state index in [-0.39, 0.29) is 22.8 Å². The molecule has 0 unspecified atom stereocenters.